The van der Waals surface area contributed by atoms with Gasteiger partial charge in [-0.3, -0.25) is 9.48 Å². The standard InChI is InChI=1S/C15H15FN6O2/c16-10-1-2-13-12(5-10)15(19-9-18-13)21-11-6-20-22(7-11)8-14(24)17-3-4-23/h1-2,5-7,9,23H,3-4,8H2,(H,17,24)(H,18,19,21). The van der Waals surface area contributed by atoms with Crippen LogP contribution in [-0.4, -0.2) is 43.9 Å². The van der Waals surface area contributed by atoms with Crippen molar-refractivity contribution in [2.24, 2.45) is 0 Å². The average molecular weight is 330 g/mol. The van der Waals surface area contributed by atoms with Gasteiger partial charge in [0.2, 0.25) is 5.91 Å². The minimum atomic E-state index is -0.378. The summed E-state index contributed by atoms with van der Waals surface area (Å²) in [4.78, 5) is 19.8. The number of aliphatic hydroxyl groups excluding tert-OH is 1. The van der Waals surface area contributed by atoms with Crippen LogP contribution in [-0.2, 0) is 11.3 Å². The fourth-order valence-corrected chi connectivity index (χ4v) is 2.18. The normalized spacial score (nSPS) is 10.8. The van der Waals surface area contributed by atoms with Crippen molar-refractivity contribution in [2.45, 2.75) is 6.54 Å². The highest BCUT2D eigenvalue weighted by Crippen LogP contribution is 2.23. The Kier molecular flexibility index (Phi) is 4.62. The van der Waals surface area contributed by atoms with Crippen LogP contribution in [0.25, 0.3) is 10.9 Å². The van der Waals surface area contributed by atoms with E-state index in [9.17, 15) is 9.18 Å². The lowest BCUT2D eigenvalue weighted by atomic mass is 10.2. The Hall–Kier alpha value is -3.07. The number of hydrogen-bond donors (Lipinski definition) is 3. The van der Waals surface area contributed by atoms with E-state index in [2.05, 4.69) is 25.7 Å². The van der Waals surface area contributed by atoms with Crippen molar-refractivity contribution < 1.29 is 14.3 Å². The molecular weight excluding hydrogens is 315 g/mol. The van der Waals surface area contributed by atoms with E-state index in [-0.39, 0.29) is 31.4 Å². The zero-order valence-electron chi connectivity index (χ0n) is 12.6. The van der Waals surface area contributed by atoms with Gasteiger partial charge in [-0.2, -0.15) is 5.10 Å². The third kappa shape index (κ3) is 3.63. The summed E-state index contributed by atoms with van der Waals surface area (Å²) >= 11 is 0. The van der Waals surface area contributed by atoms with Crippen LogP contribution >= 0.6 is 0 Å². The Balaban J connectivity index is 1.75. The van der Waals surface area contributed by atoms with Gasteiger partial charge in [-0.05, 0) is 18.2 Å². The van der Waals surface area contributed by atoms with Gasteiger partial charge in [0.05, 0.1) is 24.0 Å². The Morgan fingerprint density at radius 2 is 2.21 bits per heavy atom. The monoisotopic (exact) mass is 330 g/mol. The van der Waals surface area contributed by atoms with Crippen LogP contribution < -0.4 is 10.6 Å². The van der Waals surface area contributed by atoms with Crippen molar-refractivity contribution in [1.29, 1.82) is 0 Å². The lowest BCUT2D eigenvalue weighted by Gasteiger charge is -2.06. The number of benzene rings is 1. The summed E-state index contributed by atoms with van der Waals surface area (Å²) in [6, 6.07) is 4.26. The average Bonchev–Trinajstić information content (AvgIpc) is 3.00. The molecule has 0 aliphatic carbocycles. The Labute approximate surface area is 136 Å². The second-order valence-electron chi connectivity index (χ2n) is 5.01. The first-order valence-corrected chi connectivity index (χ1v) is 7.23. The SMILES string of the molecule is O=C(Cn1cc(Nc2ncnc3ccc(F)cc23)cn1)NCCO. The first-order chi connectivity index (χ1) is 11.7. The molecule has 0 aliphatic rings. The molecule has 1 aromatic carbocycles. The van der Waals surface area contributed by atoms with Crippen molar-refractivity contribution >= 4 is 28.3 Å². The van der Waals surface area contributed by atoms with E-state index in [0.29, 0.717) is 22.4 Å². The quantitative estimate of drug-likeness (QED) is 0.618. The van der Waals surface area contributed by atoms with Gasteiger partial charge in [0.1, 0.15) is 24.5 Å². The lowest BCUT2D eigenvalue weighted by molar-refractivity contribution is -0.122. The minimum Gasteiger partial charge on any atom is -0.395 e. The highest BCUT2D eigenvalue weighted by atomic mass is 19.1. The van der Waals surface area contributed by atoms with Gasteiger partial charge < -0.3 is 15.7 Å². The molecule has 0 unspecified atom stereocenters. The van der Waals surface area contributed by atoms with Gasteiger partial charge in [0.25, 0.3) is 0 Å². The maximum absolute atomic E-state index is 13.4. The van der Waals surface area contributed by atoms with Crippen LogP contribution in [0.5, 0.6) is 0 Å². The number of nitrogens with one attached hydrogen (secondary N) is 2. The zero-order chi connectivity index (χ0) is 16.9. The molecule has 0 saturated carbocycles. The van der Waals surface area contributed by atoms with Crippen molar-refractivity contribution in [2.75, 3.05) is 18.5 Å². The van der Waals surface area contributed by atoms with Crippen molar-refractivity contribution in [3.63, 3.8) is 0 Å². The Morgan fingerprint density at radius 3 is 3.04 bits per heavy atom. The molecule has 24 heavy (non-hydrogen) atoms. The molecule has 0 bridgehead atoms. The van der Waals surface area contributed by atoms with Gasteiger partial charge in [0, 0.05) is 18.1 Å². The summed E-state index contributed by atoms with van der Waals surface area (Å²) < 4.78 is 14.9. The second kappa shape index (κ2) is 7.01. The maximum atomic E-state index is 13.4. The van der Waals surface area contributed by atoms with Gasteiger partial charge in [-0.25, -0.2) is 14.4 Å². The number of rotatable bonds is 6. The number of anilines is 2. The summed E-state index contributed by atoms with van der Waals surface area (Å²) in [6.07, 6.45) is 4.55. The fourth-order valence-electron chi connectivity index (χ4n) is 2.18. The second-order valence-corrected chi connectivity index (χ2v) is 5.01. The predicted octanol–water partition coefficient (Wildman–Crippen LogP) is 0.817. The molecule has 0 aliphatic heterocycles. The number of carbonyl (C=O) groups excluding carboxylic acids is 1. The van der Waals surface area contributed by atoms with Gasteiger partial charge in [-0.1, -0.05) is 0 Å². The summed E-state index contributed by atoms with van der Waals surface area (Å²) in [6.45, 7) is 0.111. The minimum absolute atomic E-state index is 0.0286. The Morgan fingerprint density at radius 1 is 1.33 bits per heavy atom. The molecule has 0 saturated heterocycles. The van der Waals surface area contributed by atoms with E-state index < -0.39 is 0 Å². The lowest BCUT2D eigenvalue weighted by Crippen LogP contribution is -2.30. The summed E-state index contributed by atoms with van der Waals surface area (Å²) in [5.74, 6) is -0.186. The number of aromatic nitrogens is 4. The van der Waals surface area contributed by atoms with Crippen molar-refractivity contribution in [1.82, 2.24) is 25.1 Å². The molecular formula is C15H15FN6O2. The van der Waals surface area contributed by atoms with Crippen LogP contribution in [0.1, 0.15) is 0 Å². The molecule has 3 N–H and O–H groups in total. The van der Waals surface area contributed by atoms with Crippen LogP contribution in [0.2, 0.25) is 0 Å². The van der Waals surface area contributed by atoms with E-state index in [1.807, 2.05) is 0 Å². The van der Waals surface area contributed by atoms with Crippen LogP contribution in [0.4, 0.5) is 15.9 Å². The molecule has 3 rings (SSSR count). The maximum Gasteiger partial charge on any atom is 0.241 e. The number of halogens is 1. The number of amides is 1. The molecule has 0 spiro atoms. The smallest absolute Gasteiger partial charge is 0.241 e. The first kappa shape index (κ1) is 15.8. The molecule has 0 radical (unpaired) electrons. The predicted molar refractivity (Wildman–Crippen MR) is 85.1 cm³/mol. The van der Waals surface area contributed by atoms with Crippen LogP contribution in [0.15, 0.2) is 36.9 Å². The van der Waals surface area contributed by atoms with Crippen molar-refractivity contribution in [3.05, 3.63) is 42.7 Å². The van der Waals surface area contributed by atoms with Crippen molar-refractivity contribution in [3.8, 4) is 0 Å². The topological polar surface area (TPSA) is 105 Å². The number of aliphatic hydroxyl groups is 1. The highest BCUT2D eigenvalue weighted by molar-refractivity contribution is 5.90. The van der Waals surface area contributed by atoms with Crippen LogP contribution in [0, 0.1) is 5.82 Å². The van der Waals surface area contributed by atoms with Gasteiger partial charge in [0.15, 0.2) is 0 Å². The molecule has 124 valence electrons. The van der Waals surface area contributed by atoms with E-state index in [1.165, 1.54) is 29.3 Å². The molecule has 0 fully saturated rings. The highest BCUT2D eigenvalue weighted by Gasteiger charge is 2.08. The van der Waals surface area contributed by atoms with Gasteiger partial charge >= 0.3 is 0 Å². The van der Waals surface area contributed by atoms with Crippen LogP contribution in [0.3, 0.4) is 0 Å². The Bertz CT molecular complexity index is 866. The number of fused-ring (bicyclic) bond motifs is 1. The summed E-state index contributed by atoms with van der Waals surface area (Å²) in [5, 5.41) is 18.9. The third-order valence-electron chi connectivity index (χ3n) is 3.23. The van der Waals surface area contributed by atoms with E-state index in [1.54, 1.807) is 12.3 Å². The van der Waals surface area contributed by atoms with E-state index in [4.69, 9.17) is 5.11 Å². The molecule has 3 aromatic rings. The third-order valence-corrected chi connectivity index (χ3v) is 3.23. The van der Waals surface area contributed by atoms with E-state index in [0.717, 1.165) is 0 Å². The molecule has 9 heteroatoms. The van der Waals surface area contributed by atoms with E-state index >= 15 is 0 Å². The molecule has 1 amide bonds. The molecule has 2 aromatic heterocycles. The molecule has 8 nitrogen and oxygen atoms in total. The molecule has 2 heterocycles. The number of hydrogen-bond acceptors (Lipinski definition) is 6. The summed E-state index contributed by atoms with van der Waals surface area (Å²) in [5.41, 5.74) is 1.22. The fraction of sp³-hybridized carbons (Fsp3) is 0.200. The van der Waals surface area contributed by atoms with Gasteiger partial charge in [-0.15, -0.1) is 0 Å². The first-order valence-electron chi connectivity index (χ1n) is 7.23. The zero-order valence-corrected chi connectivity index (χ0v) is 12.6. The number of carbonyl (C=O) groups is 1. The molecule has 0 atom stereocenters. The summed E-state index contributed by atoms with van der Waals surface area (Å²) in [7, 11) is 0. The largest absolute Gasteiger partial charge is 0.395 e. The number of nitrogens with zero attached hydrogens (tertiary/aromatic N) is 4.